The quantitative estimate of drug-likeness (QED) is 0.491. The van der Waals surface area contributed by atoms with E-state index in [1.807, 2.05) is 0 Å². The molecule has 0 amide bonds. The number of carbonyl (C=O) groups is 1. The van der Waals surface area contributed by atoms with Crippen molar-refractivity contribution in [3.8, 4) is 0 Å². The van der Waals surface area contributed by atoms with Crippen molar-refractivity contribution in [2.45, 2.75) is 19.4 Å². The number of halogens is 2. The summed E-state index contributed by atoms with van der Waals surface area (Å²) in [5, 5.41) is 13.5. The van der Waals surface area contributed by atoms with Gasteiger partial charge in [0.15, 0.2) is 0 Å². The van der Waals surface area contributed by atoms with Gasteiger partial charge in [-0.1, -0.05) is 0 Å². The van der Waals surface area contributed by atoms with Gasteiger partial charge in [-0.15, -0.1) is 0 Å². The van der Waals surface area contributed by atoms with Crippen LogP contribution in [0.3, 0.4) is 0 Å². The summed E-state index contributed by atoms with van der Waals surface area (Å²) in [6, 6.07) is 2.60. The van der Waals surface area contributed by atoms with Crippen molar-refractivity contribution in [2.75, 3.05) is 18.5 Å². The Bertz CT molecular complexity index is 504. The van der Waals surface area contributed by atoms with Crippen LogP contribution in [0.25, 0.3) is 0 Å². The number of hydrogen-bond acceptors (Lipinski definition) is 5. The van der Waals surface area contributed by atoms with Gasteiger partial charge < -0.3 is 10.1 Å². The molecule has 6 nitrogen and oxygen atoms in total. The van der Waals surface area contributed by atoms with Crippen LogP contribution >= 0.6 is 0 Å². The van der Waals surface area contributed by atoms with Crippen molar-refractivity contribution in [2.24, 2.45) is 0 Å². The van der Waals surface area contributed by atoms with Crippen LogP contribution in [0, 0.1) is 21.7 Å². The third kappa shape index (κ3) is 3.62. The lowest BCUT2D eigenvalue weighted by Gasteiger charge is -2.19. The maximum atomic E-state index is 13.0. The van der Waals surface area contributed by atoms with Crippen molar-refractivity contribution in [1.29, 1.82) is 0 Å². The first-order valence-corrected chi connectivity index (χ1v) is 5.81. The Kier molecular flexibility index (Phi) is 4.95. The number of anilines is 1. The molecule has 0 spiro atoms. The van der Waals surface area contributed by atoms with E-state index in [4.69, 9.17) is 0 Å². The number of carbonyl (C=O) groups excluding carboxylic acids is 1. The molecule has 20 heavy (non-hydrogen) atoms. The topological polar surface area (TPSA) is 81.5 Å². The Labute approximate surface area is 113 Å². The zero-order chi connectivity index (χ0) is 15.3. The summed E-state index contributed by atoms with van der Waals surface area (Å²) in [6.07, 6.45) is 0. The molecule has 8 heteroatoms. The molecule has 1 atom stereocenters. The van der Waals surface area contributed by atoms with Gasteiger partial charge in [0, 0.05) is 23.6 Å². The van der Waals surface area contributed by atoms with Crippen LogP contribution < -0.4 is 5.32 Å². The van der Waals surface area contributed by atoms with Crippen LogP contribution in [-0.2, 0) is 9.53 Å². The van der Waals surface area contributed by atoms with Crippen molar-refractivity contribution in [3.63, 3.8) is 0 Å². The van der Waals surface area contributed by atoms with Crippen molar-refractivity contribution >= 4 is 11.7 Å². The van der Waals surface area contributed by atoms with Crippen molar-refractivity contribution < 1.29 is 23.2 Å². The molecule has 0 radical (unpaired) electrons. The molecule has 1 aromatic rings. The minimum Gasteiger partial charge on any atom is -0.461 e. The second kappa shape index (κ2) is 6.27. The van der Waals surface area contributed by atoms with Gasteiger partial charge in [0.2, 0.25) is 0 Å². The normalized spacial score (nSPS) is 13.4. The number of benzene rings is 1. The van der Waals surface area contributed by atoms with E-state index in [0.717, 1.165) is 19.1 Å². The standard InChI is InChI=1S/C12H14F2N2O4/c1-3-20-11(17)12(2,16(18)19)7-15-10-5-8(13)4-9(14)6-10/h4-6,15H,3,7H2,1-2H3. The Morgan fingerprint density at radius 1 is 1.40 bits per heavy atom. The predicted octanol–water partition coefficient (Wildman–Crippen LogP) is 1.98. The second-order valence-corrected chi connectivity index (χ2v) is 4.26. The second-order valence-electron chi connectivity index (χ2n) is 4.26. The summed E-state index contributed by atoms with van der Waals surface area (Å²) < 4.78 is 30.6. The van der Waals surface area contributed by atoms with Crippen molar-refractivity contribution in [3.05, 3.63) is 39.9 Å². The van der Waals surface area contributed by atoms with E-state index >= 15 is 0 Å². The average molecular weight is 288 g/mol. The zero-order valence-electron chi connectivity index (χ0n) is 11.0. The molecule has 0 aliphatic heterocycles. The third-order valence-corrected chi connectivity index (χ3v) is 2.62. The number of nitrogens with one attached hydrogen (secondary N) is 1. The molecule has 0 fully saturated rings. The number of ether oxygens (including phenoxy) is 1. The van der Waals surface area contributed by atoms with E-state index in [1.165, 1.54) is 6.92 Å². The molecule has 0 saturated heterocycles. The molecule has 1 N–H and O–H groups in total. The van der Waals surface area contributed by atoms with Crippen LogP contribution in [0.15, 0.2) is 18.2 Å². The Morgan fingerprint density at radius 3 is 2.40 bits per heavy atom. The fourth-order valence-electron chi connectivity index (χ4n) is 1.43. The summed E-state index contributed by atoms with van der Waals surface area (Å²) in [7, 11) is 0. The average Bonchev–Trinajstić information content (AvgIpc) is 2.34. The van der Waals surface area contributed by atoms with E-state index in [2.05, 4.69) is 10.1 Å². The van der Waals surface area contributed by atoms with Gasteiger partial charge in [-0.05, 0) is 19.1 Å². The molecular formula is C12H14F2N2O4. The summed E-state index contributed by atoms with van der Waals surface area (Å²) in [5.41, 5.74) is -2.04. The lowest BCUT2D eigenvalue weighted by atomic mass is 10.0. The summed E-state index contributed by atoms with van der Waals surface area (Å²) >= 11 is 0. The van der Waals surface area contributed by atoms with Gasteiger partial charge in [-0.2, -0.15) is 0 Å². The lowest BCUT2D eigenvalue weighted by molar-refractivity contribution is -0.546. The van der Waals surface area contributed by atoms with Gasteiger partial charge in [-0.25, -0.2) is 13.6 Å². The summed E-state index contributed by atoms with van der Waals surface area (Å²) in [5.74, 6) is -2.67. The molecule has 0 aliphatic carbocycles. The van der Waals surface area contributed by atoms with Crippen LogP contribution in [-0.4, -0.2) is 29.6 Å². The number of esters is 1. The van der Waals surface area contributed by atoms with Crippen LogP contribution in [0.1, 0.15) is 13.8 Å². The van der Waals surface area contributed by atoms with Crippen LogP contribution in [0.2, 0.25) is 0 Å². The Hall–Kier alpha value is -2.25. The molecule has 0 saturated carbocycles. The maximum Gasteiger partial charge on any atom is 0.386 e. The summed E-state index contributed by atoms with van der Waals surface area (Å²) in [6.45, 7) is 2.14. The number of rotatable bonds is 6. The summed E-state index contributed by atoms with van der Waals surface area (Å²) in [4.78, 5) is 21.8. The third-order valence-electron chi connectivity index (χ3n) is 2.62. The minimum absolute atomic E-state index is 0.000117. The number of nitrogens with zero attached hydrogens (tertiary/aromatic N) is 1. The molecular weight excluding hydrogens is 274 g/mol. The molecule has 0 heterocycles. The first kappa shape index (κ1) is 15.8. The van der Waals surface area contributed by atoms with E-state index in [1.54, 1.807) is 0 Å². The van der Waals surface area contributed by atoms with Gasteiger partial charge in [-0.3, -0.25) is 10.1 Å². The molecule has 0 bridgehead atoms. The van der Waals surface area contributed by atoms with E-state index in [-0.39, 0.29) is 12.3 Å². The maximum absolute atomic E-state index is 13.0. The highest BCUT2D eigenvalue weighted by Gasteiger charge is 2.47. The highest BCUT2D eigenvalue weighted by atomic mass is 19.1. The highest BCUT2D eigenvalue weighted by Crippen LogP contribution is 2.17. The number of nitro groups is 1. The van der Waals surface area contributed by atoms with Crippen LogP contribution in [0.4, 0.5) is 14.5 Å². The fraction of sp³-hybridized carbons (Fsp3) is 0.417. The molecule has 0 aliphatic rings. The van der Waals surface area contributed by atoms with Crippen molar-refractivity contribution in [1.82, 2.24) is 0 Å². The van der Waals surface area contributed by atoms with E-state index in [9.17, 15) is 23.7 Å². The lowest BCUT2D eigenvalue weighted by Crippen LogP contribution is -2.50. The molecule has 1 rings (SSSR count). The smallest absolute Gasteiger partial charge is 0.386 e. The first-order valence-electron chi connectivity index (χ1n) is 5.81. The van der Waals surface area contributed by atoms with E-state index in [0.29, 0.717) is 6.07 Å². The van der Waals surface area contributed by atoms with Gasteiger partial charge in [0.1, 0.15) is 11.6 Å². The molecule has 1 unspecified atom stereocenters. The molecule has 110 valence electrons. The monoisotopic (exact) mass is 288 g/mol. The largest absolute Gasteiger partial charge is 0.461 e. The van der Waals surface area contributed by atoms with Gasteiger partial charge >= 0.3 is 11.5 Å². The Morgan fingerprint density at radius 2 is 1.95 bits per heavy atom. The van der Waals surface area contributed by atoms with E-state index < -0.39 is 34.6 Å². The molecule has 1 aromatic carbocycles. The highest BCUT2D eigenvalue weighted by molar-refractivity contribution is 5.79. The first-order chi connectivity index (χ1) is 9.29. The SMILES string of the molecule is CCOC(=O)C(C)(CNc1cc(F)cc(F)c1)[N+](=O)[O-]. The number of hydrogen-bond donors (Lipinski definition) is 1. The van der Waals surface area contributed by atoms with Crippen LogP contribution in [0.5, 0.6) is 0 Å². The molecule has 0 aromatic heterocycles. The minimum atomic E-state index is -2.04. The fourth-order valence-corrected chi connectivity index (χ4v) is 1.43. The Balaban J connectivity index is 2.87. The van der Waals surface area contributed by atoms with Gasteiger partial charge in [0.05, 0.1) is 13.2 Å². The predicted molar refractivity (Wildman–Crippen MR) is 66.9 cm³/mol. The van der Waals surface area contributed by atoms with Gasteiger partial charge in [0.25, 0.3) is 0 Å². The zero-order valence-corrected chi connectivity index (χ0v) is 11.0.